The van der Waals surface area contributed by atoms with Crippen LogP contribution >= 0.6 is 0 Å². The van der Waals surface area contributed by atoms with Crippen molar-refractivity contribution in [1.82, 2.24) is 19.8 Å². The lowest BCUT2D eigenvalue weighted by Gasteiger charge is -2.49. The minimum Gasteiger partial charge on any atom is -0.370 e. The number of aliphatic hydroxyl groups is 2. The molecule has 1 spiro atoms. The molecule has 0 radical (unpaired) electrons. The normalized spacial score (nSPS) is 30.6. The molecule has 4 atom stereocenters. The van der Waals surface area contributed by atoms with Crippen molar-refractivity contribution in [3.63, 3.8) is 0 Å². The van der Waals surface area contributed by atoms with Crippen molar-refractivity contribution in [3.8, 4) is 0 Å². The largest absolute Gasteiger partial charge is 0.416 e. The molecule has 4 aliphatic heterocycles. The summed E-state index contributed by atoms with van der Waals surface area (Å²) in [6, 6.07) is -1.18. The Balaban J connectivity index is 1.48. The second kappa shape index (κ2) is 8.26. The van der Waals surface area contributed by atoms with Crippen molar-refractivity contribution in [2.45, 2.75) is 53.5 Å². The van der Waals surface area contributed by atoms with Gasteiger partial charge in [-0.25, -0.2) is 23.1 Å². The zero-order valence-corrected chi connectivity index (χ0v) is 20.2. The number of sulfonamides is 1. The Hall–Kier alpha value is -3.48. The van der Waals surface area contributed by atoms with E-state index in [1.54, 1.807) is 0 Å². The van der Waals surface area contributed by atoms with Crippen LogP contribution in [0.3, 0.4) is 0 Å². The molecule has 206 valence electrons. The molecule has 2 unspecified atom stereocenters. The number of rotatable bonds is 5. The van der Waals surface area contributed by atoms with Crippen LogP contribution in [0.5, 0.6) is 0 Å². The summed E-state index contributed by atoms with van der Waals surface area (Å²) in [5.74, 6) is -4.51. The van der Waals surface area contributed by atoms with Gasteiger partial charge >= 0.3 is 6.18 Å². The van der Waals surface area contributed by atoms with Crippen molar-refractivity contribution < 1.29 is 41.4 Å². The Morgan fingerprint density at radius 1 is 1.16 bits per heavy atom. The van der Waals surface area contributed by atoms with E-state index in [0.717, 1.165) is 21.9 Å². The summed E-state index contributed by atoms with van der Waals surface area (Å²) in [6.07, 6.45) is -4.82. The molecule has 38 heavy (non-hydrogen) atoms. The van der Waals surface area contributed by atoms with Crippen LogP contribution in [-0.4, -0.2) is 94.8 Å². The minimum atomic E-state index is -4.82. The fourth-order valence-electron chi connectivity index (χ4n) is 5.32. The van der Waals surface area contributed by atoms with Gasteiger partial charge in [0, 0.05) is 19.4 Å². The summed E-state index contributed by atoms with van der Waals surface area (Å²) in [5, 5.41) is 25.4. The van der Waals surface area contributed by atoms with Gasteiger partial charge in [-0.05, 0) is 18.2 Å². The number of amides is 2. The molecule has 0 aromatic heterocycles. The van der Waals surface area contributed by atoms with Gasteiger partial charge in [-0.3, -0.25) is 14.5 Å². The average Bonchev–Trinajstić information content (AvgIpc) is 3.41. The first kappa shape index (κ1) is 26.1. The van der Waals surface area contributed by atoms with E-state index < -0.39 is 74.6 Å². The summed E-state index contributed by atoms with van der Waals surface area (Å²) in [5.41, 5.74) is 8.67. The number of nitrogens with one attached hydrogen (secondary N) is 2. The molecule has 0 saturated carbocycles. The van der Waals surface area contributed by atoms with E-state index in [1.807, 2.05) is 4.72 Å². The van der Waals surface area contributed by atoms with E-state index in [4.69, 9.17) is 11.5 Å². The molecule has 0 aliphatic carbocycles. The highest BCUT2D eigenvalue weighted by Gasteiger charge is 2.73. The lowest BCUT2D eigenvalue weighted by molar-refractivity contribution is -0.229. The third-order valence-electron chi connectivity index (χ3n) is 7.10. The zero-order chi connectivity index (χ0) is 27.8. The SMILES string of the molecule is NC1=N[C@H]2C(CN3C(=O)CCC3=O)N=C(N)N3CC(NS(=O)(=O)c4cccc(C(F)(F)F)c4)C(O)(O)[C@]23N1. The van der Waals surface area contributed by atoms with Crippen LogP contribution in [0.25, 0.3) is 0 Å². The molecule has 1 aromatic carbocycles. The Morgan fingerprint density at radius 2 is 1.82 bits per heavy atom. The molecule has 4 aliphatic rings. The third kappa shape index (κ3) is 3.77. The molecule has 8 N–H and O–H groups in total. The number of carbonyl (C=O) groups is 2. The minimum absolute atomic E-state index is 0.000326. The number of hydrogen-bond acceptors (Lipinski definition) is 12. The van der Waals surface area contributed by atoms with Gasteiger partial charge < -0.3 is 31.9 Å². The van der Waals surface area contributed by atoms with Crippen LogP contribution in [0.4, 0.5) is 13.2 Å². The highest BCUT2D eigenvalue weighted by molar-refractivity contribution is 7.89. The quantitative estimate of drug-likeness (QED) is 0.160. The Morgan fingerprint density at radius 3 is 2.45 bits per heavy atom. The molecule has 5 rings (SSSR count). The molecule has 14 nitrogen and oxygen atoms in total. The van der Waals surface area contributed by atoms with Gasteiger partial charge in [0.1, 0.15) is 6.04 Å². The van der Waals surface area contributed by atoms with Gasteiger partial charge in [0.25, 0.3) is 0 Å². The molecule has 0 bridgehead atoms. The van der Waals surface area contributed by atoms with Crippen molar-refractivity contribution in [3.05, 3.63) is 29.8 Å². The van der Waals surface area contributed by atoms with E-state index in [9.17, 15) is 41.4 Å². The molecule has 18 heteroatoms. The van der Waals surface area contributed by atoms with Crippen LogP contribution in [0.15, 0.2) is 39.1 Å². The summed E-state index contributed by atoms with van der Waals surface area (Å²) < 4.78 is 67.5. The third-order valence-corrected chi connectivity index (χ3v) is 8.56. The van der Waals surface area contributed by atoms with Gasteiger partial charge in [-0.2, -0.15) is 13.2 Å². The van der Waals surface area contributed by atoms with E-state index >= 15 is 0 Å². The predicted molar refractivity (Wildman–Crippen MR) is 122 cm³/mol. The van der Waals surface area contributed by atoms with Crippen molar-refractivity contribution in [2.75, 3.05) is 13.1 Å². The second-order valence-electron chi connectivity index (χ2n) is 9.34. The van der Waals surface area contributed by atoms with Gasteiger partial charge in [0.2, 0.25) is 27.6 Å². The summed E-state index contributed by atoms with van der Waals surface area (Å²) in [6.45, 7) is -0.797. The van der Waals surface area contributed by atoms with Crippen molar-refractivity contribution in [2.24, 2.45) is 21.5 Å². The Kier molecular flexibility index (Phi) is 5.68. The number of halogens is 3. The highest BCUT2D eigenvalue weighted by Crippen LogP contribution is 2.45. The standard InChI is InChI=1S/C20H23F3N8O6S/c21-20(22,23)9-2-1-3-10(6-9)38(36,37)29-12-8-31-17(25)26-11(7-30-13(32)4-5-14(30)33)15-18(31,19(12,34)35)28-16(24)27-15/h1-3,6,11-12,15,29,34-35H,4-5,7-8H2,(H2,25,26)(H3,24,27,28)/t11?,12?,15-,18-/m0/s1. The summed E-state index contributed by atoms with van der Waals surface area (Å²) in [7, 11) is -4.72. The number of likely N-dealkylation sites (tertiary alicyclic amines) is 1. The Bertz CT molecular complexity index is 1370. The number of alkyl halides is 3. The number of nitrogens with zero attached hydrogens (tertiary/aromatic N) is 4. The number of hydrogen-bond donors (Lipinski definition) is 6. The molecule has 4 heterocycles. The fourth-order valence-corrected chi connectivity index (χ4v) is 6.61. The highest BCUT2D eigenvalue weighted by atomic mass is 32.2. The van der Waals surface area contributed by atoms with Gasteiger partial charge in [0.05, 0.1) is 29.1 Å². The lowest BCUT2D eigenvalue weighted by Crippen LogP contribution is -2.78. The molecular formula is C20H23F3N8O6S. The van der Waals surface area contributed by atoms with E-state index in [0.29, 0.717) is 12.1 Å². The van der Waals surface area contributed by atoms with E-state index in [-0.39, 0.29) is 31.3 Å². The van der Waals surface area contributed by atoms with Gasteiger partial charge in [0.15, 0.2) is 17.6 Å². The average molecular weight is 561 g/mol. The summed E-state index contributed by atoms with van der Waals surface area (Å²) >= 11 is 0. The fraction of sp³-hybridized carbons (Fsp3) is 0.500. The number of nitrogens with two attached hydrogens (primary N) is 2. The molecule has 1 aromatic rings. The number of imide groups is 1. The maximum absolute atomic E-state index is 13.1. The number of guanidine groups is 2. The first-order chi connectivity index (χ1) is 17.6. The van der Waals surface area contributed by atoms with Crippen LogP contribution in [-0.2, 0) is 25.8 Å². The van der Waals surface area contributed by atoms with Crippen LogP contribution in [0, 0.1) is 0 Å². The maximum Gasteiger partial charge on any atom is 0.416 e. The number of carbonyl (C=O) groups excluding carboxylic acids is 2. The van der Waals surface area contributed by atoms with Crippen molar-refractivity contribution in [1.29, 1.82) is 0 Å². The van der Waals surface area contributed by atoms with Crippen LogP contribution in [0.2, 0.25) is 0 Å². The van der Waals surface area contributed by atoms with Gasteiger partial charge in [-0.15, -0.1) is 0 Å². The molecule has 2 amide bonds. The molecular weight excluding hydrogens is 537 g/mol. The molecule has 2 saturated heterocycles. The van der Waals surface area contributed by atoms with Crippen LogP contribution in [0.1, 0.15) is 18.4 Å². The van der Waals surface area contributed by atoms with E-state index in [2.05, 4.69) is 15.3 Å². The number of aliphatic imine (C=N–C) groups is 2. The lowest BCUT2D eigenvalue weighted by atomic mass is 9.85. The number of benzene rings is 1. The monoisotopic (exact) mass is 560 g/mol. The summed E-state index contributed by atoms with van der Waals surface area (Å²) in [4.78, 5) is 34.1. The first-order valence-corrected chi connectivity index (χ1v) is 12.8. The smallest absolute Gasteiger partial charge is 0.370 e. The zero-order valence-electron chi connectivity index (χ0n) is 19.4. The Labute approximate surface area is 213 Å². The second-order valence-corrected chi connectivity index (χ2v) is 11.1. The van der Waals surface area contributed by atoms with E-state index in [1.165, 1.54) is 0 Å². The maximum atomic E-state index is 13.1. The van der Waals surface area contributed by atoms with Gasteiger partial charge in [-0.1, -0.05) is 6.07 Å². The topological polar surface area (TPSA) is 216 Å². The molecule has 2 fully saturated rings. The predicted octanol–water partition coefficient (Wildman–Crippen LogP) is -2.82. The van der Waals surface area contributed by atoms with Crippen LogP contribution < -0.4 is 21.5 Å². The first-order valence-electron chi connectivity index (χ1n) is 11.3. The van der Waals surface area contributed by atoms with Crippen molar-refractivity contribution >= 4 is 33.8 Å².